The Balaban J connectivity index is 2.11. The molecular weight excluding hydrogens is 288 g/mol. The summed E-state index contributed by atoms with van der Waals surface area (Å²) in [5.74, 6) is -0.445. The summed E-state index contributed by atoms with van der Waals surface area (Å²) >= 11 is 12.1. The SMILES string of the molecule is CC(NC(C)C1CCCO1)c1c(Cl)ccc(F)c1Cl. The molecule has 1 saturated heterocycles. The third kappa shape index (κ3) is 3.40. The average Bonchev–Trinajstić information content (AvgIpc) is 2.88. The molecule has 1 aromatic rings. The van der Waals surface area contributed by atoms with E-state index in [9.17, 15) is 4.39 Å². The molecular formula is C14H18Cl2FNO. The Morgan fingerprint density at radius 2 is 2.11 bits per heavy atom. The van der Waals surface area contributed by atoms with Crippen molar-refractivity contribution in [2.75, 3.05) is 6.61 Å². The van der Waals surface area contributed by atoms with Crippen molar-refractivity contribution in [1.82, 2.24) is 5.32 Å². The fraction of sp³-hybridized carbons (Fsp3) is 0.571. The molecule has 0 radical (unpaired) electrons. The molecule has 5 heteroatoms. The molecule has 0 spiro atoms. The van der Waals surface area contributed by atoms with E-state index in [-0.39, 0.29) is 23.2 Å². The number of nitrogens with one attached hydrogen (secondary N) is 1. The van der Waals surface area contributed by atoms with E-state index in [1.54, 1.807) is 0 Å². The maximum absolute atomic E-state index is 13.5. The molecule has 106 valence electrons. The van der Waals surface area contributed by atoms with Gasteiger partial charge in [0.25, 0.3) is 0 Å². The largest absolute Gasteiger partial charge is 0.377 e. The third-order valence-corrected chi connectivity index (χ3v) is 4.26. The molecule has 2 rings (SSSR count). The number of hydrogen-bond acceptors (Lipinski definition) is 2. The fourth-order valence-electron chi connectivity index (χ4n) is 2.52. The zero-order chi connectivity index (χ0) is 14.0. The zero-order valence-corrected chi connectivity index (χ0v) is 12.6. The molecule has 1 fully saturated rings. The van der Waals surface area contributed by atoms with Crippen molar-refractivity contribution in [2.45, 2.75) is 44.9 Å². The van der Waals surface area contributed by atoms with Crippen LogP contribution in [0.25, 0.3) is 0 Å². The van der Waals surface area contributed by atoms with E-state index in [0.29, 0.717) is 10.6 Å². The van der Waals surface area contributed by atoms with Crippen LogP contribution >= 0.6 is 23.2 Å². The van der Waals surface area contributed by atoms with Crippen LogP contribution in [0.15, 0.2) is 12.1 Å². The van der Waals surface area contributed by atoms with Gasteiger partial charge in [0, 0.05) is 29.3 Å². The summed E-state index contributed by atoms with van der Waals surface area (Å²) in [7, 11) is 0. The number of benzene rings is 1. The van der Waals surface area contributed by atoms with E-state index in [0.717, 1.165) is 19.4 Å². The lowest BCUT2D eigenvalue weighted by atomic mass is 10.0. The van der Waals surface area contributed by atoms with Gasteiger partial charge in [0.05, 0.1) is 11.1 Å². The third-order valence-electron chi connectivity index (χ3n) is 3.55. The lowest BCUT2D eigenvalue weighted by Crippen LogP contribution is -2.38. The number of halogens is 3. The molecule has 3 atom stereocenters. The highest BCUT2D eigenvalue weighted by atomic mass is 35.5. The monoisotopic (exact) mass is 305 g/mol. The summed E-state index contributed by atoms with van der Waals surface area (Å²) < 4.78 is 19.1. The Hall–Kier alpha value is -0.350. The molecule has 0 saturated carbocycles. The molecule has 3 unspecified atom stereocenters. The van der Waals surface area contributed by atoms with Gasteiger partial charge in [-0.2, -0.15) is 0 Å². The summed E-state index contributed by atoms with van der Waals surface area (Å²) in [5.41, 5.74) is 0.605. The molecule has 0 aliphatic carbocycles. The summed E-state index contributed by atoms with van der Waals surface area (Å²) in [6, 6.07) is 2.86. The van der Waals surface area contributed by atoms with Crippen LogP contribution in [0.3, 0.4) is 0 Å². The Kier molecular flexibility index (Phi) is 5.07. The Morgan fingerprint density at radius 1 is 1.37 bits per heavy atom. The summed E-state index contributed by atoms with van der Waals surface area (Å²) in [5, 5.41) is 3.95. The molecule has 2 nitrogen and oxygen atoms in total. The topological polar surface area (TPSA) is 21.3 Å². The van der Waals surface area contributed by atoms with E-state index in [1.807, 2.05) is 6.92 Å². The van der Waals surface area contributed by atoms with Crippen LogP contribution in [-0.2, 0) is 4.74 Å². The maximum Gasteiger partial charge on any atom is 0.142 e. The van der Waals surface area contributed by atoms with Crippen LogP contribution in [0.1, 0.15) is 38.3 Å². The molecule has 1 aliphatic rings. The minimum Gasteiger partial charge on any atom is -0.377 e. The lowest BCUT2D eigenvalue weighted by molar-refractivity contribution is 0.0804. The highest BCUT2D eigenvalue weighted by molar-refractivity contribution is 6.36. The van der Waals surface area contributed by atoms with E-state index < -0.39 is 5.82 Å². The summed E-state index contributed by atoms with van der Waals surface area (Å²) in [6.45, 7) is 4.80. The number of rotatable bonds is 4. The highest BCUT2D eigenvalue weighted by Gasteiger charge is 2.25. The molecule has 19 heavy (non-hydrogen) atoms. The number of hydrogen-bond donors (Lipinski definition) is 1. The first-order valence-corrected chi connectivity index (χ1v) is 7.27. The molecule has 0 amide bonds. The smallest absolute Gasteiger partial charge is 0.142 e. The van der Waals surface area contributed by atoms with Crippen molar-refractivity contribution >= 4 is 23.2 Å². The second-order valence-electron chi connectivity index (χ2n) is 4.99. The second-order valence-corrected chi connectivity index (χ2v) is 5.77. The first-order valence-electron chi connectivity index (χ1n) is 6.51. The summed E-state index contributed by atoms with van der Waals surface area (Å²) in [6.07, 6.45) is 2.34. The van der Waals surface area contributed by atoms with Crippen LogP contribution in [-0.4, -0.2) is 18.8 Å². The molecule has 1 heterocycles. The Bertz CT molecular complexity index is 449. The van der Waals surface area contributed by atoms with Crippen molar-refractivity contribution < 1.29 is 9.13 Å². The van der Waals surface area contributed by atoms with Gasteiger partial charge in [0.15, 0.2) is 0 Å². The van der Waals surface area contributed by atoms with Gasteiger partial charge in [-0.15, -0.1) is 0 Å². The van der Waals surface area contributed by atoms with Crippen LogP contribution in [0, 0.1) is 5.82 Å². The predicted octanol–water partition coefficient (Wildman–Crippen LogP) is 4.35. The van der Waals surface area contributed by atoms with E-state index in [2.05, 4.69) is 12.2 Å². The number of ether oxygens (including phenoxy) is 1. The van der Waals surface area contributed by atoms with Crippen molar-refractivity contribution in [3.8, 4) is 0 Å². The van der Waals surface area contributed by atoms with Gasteiger partial charge < -0.3 is 10.1 Å². The minimum absolute atomic E-state index is 0.0899. The van der Waals surface area contributed by atoms with Gasteiger partial charge in [-0.3, -0.25) is 0 Å². The zero-order valence-electron chi connectivity index (χ0n) is 11.1. The quantitative estimate of drug-likeness (QED) is 0.835. The molecule has 0 bridgehead atoms. The lowest BCUT2D eigenvalue weighted by Gasteiger charge is -2.25. The Morgan fingerprint density at radius 3 is 2.74 bits per heavy atom. The average molecular weight is 306 g/mol. The van der Waals surface area contributed by atoms with Crippen molar-refractivity contribution in [3.63, 3.8) is 0 Å². The van der Waals surface area contributed by atoms with Gasteiger partial charge >= 0.3 is 0 Å². The molecule has 0 aromatic heterocycles. The van der Waals surface area contributed by atoms with Crippen LogP contribution in [0.4, 0.5) is 4.39 Å². The first kappa shape index (κ1) is 15.0. The highest BCUT2D eigenvalue weighted by Crippen LogP contribution is 2.33. The van der Waals surface area contributed by atoms with Gasteiger partial charge in [-0.05, 0) is 38.8 Å². The minimum atomic E-state index is -0.445. The van der Waals surface area contributed by atoms with E-state index in [1.165, 1.54) is 12.1 Å². The van der Waals surface area contributed by atoms with Crippen LogP contribution in [0.2, 0.25) is 10.0 Å². The van der Waals surface area contributed by atoms with Gasteiger partial charge in [0.1, 0.15) is 5.82 Å². The maximum atomic E-state index is 13.5. The first-order chi connectivity index (χ1) is 9.00. The van der Waals surface area contributed by atoms with Crippen molar-refractivity contribution in [2.24, 2.45) is 0 Å². The van der Waals surface area contributed by atoms with Crippen molar-refractivity contribution in [3.05, 3.63) is 33.6 Å². The standard InChI is InChI=1S/C14H18Cl2FNO/c1-8(12-4-3-7-19-12)18-9(2)13-10(15)5-6-11(17)14(13)16/h5-6,8-9,12,18H,3-4,7H2,1-2H3. The van der Waals surface area contributed by atoms with E-state index >= 15 is 0 Å². The van der Waals surface area contributed by atoms with Crippen LogP contribution in [0.5, 0.6) is 0 Å². The second kappa shape index (κ2) is 6.40. The van der Waals surface area contributed by atoms with E-state index in [4.69, 9.17) is 27.9 Å². The summed E-state index contributed by atoms with van der Waals surface area (Å²) in [4.78, 5) is 0. The van der Waals surface area contributed by atoms with Crippen molar-refractivity contribution in [1.29, 1.82) is 0 Å². The van der Waals surface area contributed by atoms with Gasteiger partial charge in [-0.1, -0.05) is 23.2 Å². The Labute approximate surface area is 123 Å². The fourth-order valence-corrected chi connectivity index (χ4v) is 3.22. The molecule has 1 aromatic carbocycles. The van der Waals surface area contributed by atoms with Crippen LogP contribution < -0.4 is 5.32 Å². The van der Waals surface area contributed by atoms with Gasteiger partial charge in [-0.25, -0.2) is 4.39 Å². The predicted molar refractivity (Wildman–Crippen MR) is 76.4 cm³/mol. The molecule has 1 N–H and O–H groups in total. The molecule has 1 aliphatic heterocycles. The normalized spacial score (nSPS) is 22.5. The van der Waals surface area contributed by atoms with Gasteiger partial charge in [0.2, 0.25) is 0 Å².